The van der Waals surface area contributed by atoms with Crippen molar-refractivity contribution in [3.63, 3.8) is 0 Å². The summed E-state index contributed by atoms with van der Waals surface area (Å²) in [6.45, 7) is 3.80. The van der Waals surface area contributed by atoms with E-state index in [4.69, 9.17) is 4.98 Å². The summed E-state index contributed by atoms with van der Waals surface area (Å²) in [6.07, 6.45) is 2.27. The van der Waals surface area contributed by atoms with Gasteiger partial charge in [0.15, 0.2) is 5.65 Å². The van der Waals surface area contributed by atoms with Crippen LogP contribution < -0.4 is 5.32 Å². The summed E-state index contributed by atoms with van der Waals surface area (Å²) < 4.78 is 1.75. The fourth-order valence-electron chi connectivity index (χ4n) is 3.03. The zero-order valence-corrected chi connectivity index (χ0v) is 14.0. The number of nitrogens with one attached hydrogen (secondary N) is 1. The van der Waals surface area contributed by atoms with Crippen LogP contribution in [0.5, 0.6) is 0 Å². The number of hydrogen-bond acceptors (Lipinski definition) is 4. The van der Waals surface area contributed by atoms with Crippen LogP contribution in [-0.4, -0.2) is 25.7 Å². The number of rotatable bonds is 3. The van der Waals surface area contributed by atoms with Crippen LogP contribution >= 0.6 is 0 Å². The number of hydrogen-bond donors (Lipinski definition) is 1. The van der Waals surface area contributed by atoms with Crippen LogP contribution in [0, 0.1) is 13.8 Å². The smallest absolute Gasteiger partial charge is 0.257 e. The maximum atomic E-state index is 12.9. The monoisotopic (exact) mass is 321 g/mol. The molecule has 0 spiro atoms. The summed E-state index contributed by atoms with van der Waals surface area (Å²) in [6, 6.07) is 7.49. The molecular weight excluding hydrogens is 302 g/mol. The highest BCUT2D eigenvalue weighted by Gasteiger charge is 2.28. The van der Waals surface area contributed by atoms with Gasteiger partial charge < -0.3 is 5.32 Å². The summed E-state index contributed by atoms with van der Waals surface area (Å²) in [7, 11) is 1.86. The number of carbonyl (C=O) groups excluding carboxylic acids is 1. The van der Waals surface area contributed by atoms with E-state index in [1.165, 1.54) is 0 Å². The lowest BCUT2D eigenvalue weighted by molar-refractivity contribution is 0.102. The molecular formula is C18H19N5O. The molecule has 1 fully saturated rings. The van der Waals surface area contributed by atoms with Gasteiger partial charge >= 0.3 is 0 Å². The number of aromatic nitrogens is 4. The minimum absolute atomic E-state index is 0.168. The minimum Gasteiger partial charge on any atom is -0.307 e. The number of anilines is 1. The van der Waals surface area contributed by atoms with Crippen molar-refractivity contribution in [1.29, 1.82) is 0 Å². The predicted molar refractivity (Wildman–Crippen MR) is 92.1 cm³/mol. The molecule has 0 radical (unpaired) electrons. The molecule has 1 amide bonds. The van der Waals surface area contributed by atoms with Crippen molar-refractivity contribution < 1.29 is 4.79 Å². The molecule has 122 valence electrons. The number of carbonyl (C=O) groups is 1. The quantitative estimate of drug-likeness (QED) is 0.804. The van der Waals surface area contributed by atoms with Gasteiger partial charge in [-0.3, -0.25) is 9.48 Å². The molecule has 1 aliphatic carbocycles. The van der Waals surface area contributed by atoms with E-state index in [-0.39, 0.29) is 5.91 Å². The van der Waals surface area contributed by atoms with Gasteiger partial charge in [-0.2, -0.15) is 5.10 Å². The topological polar surface area (TPSA) is 72.7 Å². The fraction of sp³-hybridized carbons (Fsp3) is 0.333. The first kappa shape index (κ1) is 14.8. The molecule has 24 heavy (non-hydrogen) atoms. The first-order chi connectivity index (χ1) is 11.5. The highest BCUT2D eigenvalue weighted by atomic mass is 16.1. The number of amides is 1. The second kappa shape index (κ2) is 5.40. The van der Waals surface area contributed by atoms with Crippen LogP contribution in [0.1, 0.15) is 46.2 Å². The number of nitrogens with zero attached hydrogens (tertiary/aromatic N) is 4. The largest absolute Gasteiger partial charge is 0.307 e. The molecule has 1 aliphatic rings. The summed E-state index contributed by atoms with van der Waals surface area (Å²) in [5.74, 6) is 0.853. The lowest BCUT2D eigenvalue weighted by Crippen LogP contribution is -2.14. The van der Waals surface area contributed by atoms with E-state index in [0.29, 0.717) is 17.3 Å². The summed E-state index contributed by atoms with van der Waals surface area (Å²) >= 11 is 0. The van der Waals surface area contributed by atoms with Gasteiger partial charge in [0.05, 0.1) is 16.6 Å². The van der Waals surface area contributed by atoms with Crippen molar-refractivity contribution in [1.82, 2.24) is 19.7 Å². The first-order valence-electron chi connectivity index (χ1n) is 8.12. The molecule has 1 N–H and O–H groups in total. The van der Waals surface area contributed by atoms with E-state index in [9.17, 15) is 4.79 Å². The van der Waals surface area contributed by atoms with E-state index >= 15 is 0 Å². The van der Waals surface area contributed by atoms with Crippen molar-refractivity contribution in [3.8, 4) is 0 Å². The van der Waals surface area contributed by atoms with E-state index in [2.05, 4.69) is 15.4 Å². The maximum absolute atomic E-state index is 12.9. The average molecular weight is 321 g/mol. The third-order valence-corrected chi connectivity index (χ3v) is 4.36. The SMILES string of the molecule is Cc1cccc(NC(=O)c2cc(C3CC3)nc3c2c(C)nn3C)n1. The second-order valence-electron chi connectivity index (χ2n) is 6.39. The van der Waals surface area contributed by atoms with Gasteiger partial charge in [0, 0.05) is 24.4 Å². The highest BCUT2D eigenvalue weighted by Crippen LogP contribution is 2.40. The van der Waals surface area contributed by atoms with Gasteiger partial charge in [-0.15, -0.1) is 0 Å². The van der Waals surface area contributed by atoms with Gasteiger partial charge in [-0.1, -0.05) is 6.07 Å². The Bertz CT molecular complexity index is 955. The molecule has 3 aromatic rings. The van der Waals surface area contributed by atoms with Crippen LogP contribution in [0.2, 0.25) is 0 Å². The Morgan fingerprint density at radius 1 is 1.25 bits per heavy atom. The van der Waals surface area contributed by atoms with Crippen LogP contribution in [0.15, 0.2) is 24.3 Å². The molecule has 0 unspecified atom stereocenters. The third kappa shape index (κ3) is 2.54. The maximum Gasteiger partial charge on any atom is 0.257 e. The standard InChI is InChI=1S/C18H19N5O/c1-10-5-4-6-15(19-10)21-18(24)13-9-14(12-7-8-12)20-17-16(13)11(2)22-23(17)3/h4-6,9,12H,7-8H2,1-3H3,(H,19,21,24). The van der Waals surface area contributed by atoms with Gasteiger partial charge in [-0.05, 0) is 44.9 Å². The molecule has 3 aromatic heterocycles. The van der Waals surface area contributed by atoms with E-state index in [0.717, 1.165) is 41.0 Å². The van der Waals surface area contributed by atoms with Crippen LogP contribution in [0.3, 0.4) is 0 Å². The van der Waals surface area contributed by atoms with Gasteiger partial charge in [0.1, 0.15) is 5.82 Å². The van der Waals surface area contributed by atoms with Crippen molar-refractivity contribution in [2.45, 2.75) is 32.6 Å². The molecule has 6 nitrogen and oxygen atoms in total. The molecule has 0 saturated heterocycles. The van der Waals surface area contributed by atoms with E-state index in [1.807, 2.05) is 39.1 Å². The molecule has 0 bridgehead atoms. The Morgan fingerprint density at radius 2 is 2.04 bits per heavy atom. The summed E-state index contributed by atoms with van der Waals surface area (Å²) in [5, 5.41) is 8.15. The lowest BCUT2D eigenvalue weighted by atomic mass is 10.1. The molecule has 3 heterocycles. The molecule has 1 saturated carbocycles. The van der Waals surface area contributed by atoms with E-state index < -0.39 is 0 Å². The van der Waals surface area contributed by atoms with Crippen LogP contribution in [0.4, 0.5) is 5.82 Å². The van der Waals surface area contributed by atoms with Gasteiger partial charge in [-0.25, -0.2) is 9.97 Å². The Balaban J connectivity index is 1.80. The fourth-order valence-corrected chi connectivity index (χ4v) is 3.03. The average Bonchev–Trinajstić information content (AvgIpc) is 3.34. The Hall–Kier alpha value is -2.76. The van der Waals surface area contributed by atoms with Crippen molar-refractivity contribution in [2.24, 2.45) is 7.05 Å². The Kier molecular flexibility index (Phi) is 3.33. The van der Waals surface area contributed by atoms with Gasteiger partial charge in [0.25, 0.3) is 5.91 Å². The molecule has 6 heteroatoms. The number of fused-ring (bicyclic) bond motifs is 1. The number of pyridine rings is 2. The van der Waals surface area contributed by atoms with Gasteiger partial charge in [0.2, 0.25) is 0 Å². The van der Waals surface area contributed by atoms with Crippen molar-refractivity contribution >= 4 is 22.8 Å². The summed E-state index contributed by atoms with van der Waals surface area (Å²) in [5.41, 5.74) is 4.04. The van der Waals surface area contributed by atoms with E-state index in [1.54, 1.807) is 10.7 Å². The lowest BCUT2D eigenvalue weighted by Gasteiger charge is -2.09. The second-order valence-corrected chi connectivity index (χ2v) is 6.39. The predicted octanol–water partition coefficient (Wildman–Crippen LogP) is 3.11. The minimum atomic E-state index is -0.168. The summed E-state index contributed by atoms with van der Waals surface area (Å²) in [4.78, 5) is 22.0. The zero-order valence-electron chi connectivity index (χ0n) is 14.0. The number of aryl methyl sites for hydroxylation is 3. The van der Waals surface area contributed by atoms with Crippen LogP contribution in [-0.2, 0) is 7.05 Å². The Morgan fingerprint density at radius 3 is 2.75 bits per heavy atom. The molecule has 0 aliphatic heterocycles. The normalized spacial score (nSPS) is 14.1. The zero-order chi connectivity index (χ0) is 16.8. The molecule has 0 atom stereocenters. The highest BCUT2D eigenvalue weighted by molar-refractivity contribution is 6.12. The van der Waals surface area contributed by atoms with Crippen molar-refractivity contribution in [2.75, 3.05) is 5.32 Å². The Labute approximate surface area is 139 Å². The molecule has 0 aromatic carbocycles. The molecule has 4 rings (SSSR count). The third-order valence-electron chi connectivity index (χ3n) is 4.36. The first-order valence-corrected chi connectivity index (χ1v) is 8.12. The van der Waals surface area contributed by atoms with Crippen molar-refractivity contribution in [3.05, 3.63) is 46.9 Å². The van der Waals surface area contributed by atoms with Crippen LogP contribution in [0.25, 0.3) is 11.0 Å².